The monoisotopic (exact) mass is 301 g/mol. The Hall–Kier alpha value is -1.21. The summed E-state index contributed by atoms with van der Waals surface area (Å²) in [6.45, 7) is 9.28. The number of carbonyl (C=O) groups excluding carboxylic acids is 1. The van der Waals surface area contributed by atoms with E-state index in [4.69, 9.17) is 22.9 Å². The molecule has 1 N–H and O–H groups in total. The van der Waals surface area contributed by atoms with Crippen LogP contribution in [0, 0.1) is 6.57 Å². The van der Waals surface area contributed by atoms with Crippen molar-refractivity contribution in [3.05, 3.63) is 22.9 Å². The number of carbonyl (C=O) groups is 1. The number of halogens is 1. The fourth-order valence-electron chi connectivity index (χ4n) is 1.76. The van der Waals surface area contributed by atoms with E-state index in [1.165, 1.54) is 32.1 Å². The number of ether oxygens (including phenoxy) is 1. The van der Waals surface area contributed by atoms with Crippen molar-refractivity contribution >= 4 is 17.6 Å². The summed E-state index contributed by atoms with van der Waals surface area (Å²) in [5, 5.41) is 9.26. The van der Waals surface area contributed by atoms with Crippen molar-refractivity contribution in [1.82, 2.24) is 0 Å². The molecule has 0 aromatic heterocycles. The number of rotatable bonds is 11. The van der Waals surface area contributed by atoms with Crippen LogP contribution >= 0.6 is 11.6 Å². The molecule has 0 radical (unpaired) electrons. The molecule has 0 aromatic rings. The summed E-state index contributed by atoms with van der Waals surface area (Å²) >= 11 is 5.37. The number of esters is 1. The minimum absolute atomic E-state index is 0.259. The number of allylic oxidation sites excluding steroid dienone is 1. The normalized spacial score (nSPS) is 11.7. The first-order valence-corrected chi connectivity index (χ1v) is 7.73. The quantitative estimate of drug-likeness (QED) is 0.151. The predicted octanol–water partition coefficient (Wildman–Crippen LogP) is 4.60. The summed E-state index contributed by atoms with van der Waals surface area (Å²) < 4.78 is 4.93. The molecule has 0 fully saturated rings. The Bertz CT molecular complexity index is 348. The van der Waals surface area contributed by atoms with Crippen LogP contribution in [0.15, 0.2) is 11.5 Å². The van der Waals surface area contributed by atoms with Gasteiger partial charge in [-0.15, -0.1) is 11.6 Å². The maximum absolute atomic E-state index is 11.5. The summed E-state index contributed by atoms with van der Waals surface area (Å²) in [6, 6.07) is 0. The summed E-state index contributed by atoms with van der Waals surface area (Å²) in [4.78, 5) is 14.4. The van der Waals surface area contributed by atoms with Crippen molar-refractivity contribution in [3.8, 4) is 0 Å². The SMILES string of the molecule is [C-]#[N+]/C(C(=O)OCCCCCCCCCC)=C(/O)CCl. The van der Waals surface area contributed by atoms with Crippen molar-refractivity contribution < 1.29 is 14.6 Å². The third-order valence-corrected chi connectivity index (χ3v) is 3.19. The van der Waals surface area contributed by atoms with E-state index < -0.39 is 17.4 Å². The number of nitrogens with zero attached hydrogens (tertiary/aromatic N) is 1. The van der Waals surface area contributed by atoms with Crippen LogP contribution in [0.1, 0.15) is 58.3 Å². The Balaban J connectivity index is 3.65. The third kappa shape index (κ3) is 8.82. The van der Waals surface area contributed by atoms with Gasteiger partial charge < -0.3 is 9.84 Å². The zero-order chi connectivity index (χ0) is 15.2. The van der Waals surface area contributed by atoms with E-state index in [1.807, 2.05) is 0 Å². The van der Waals surface area contributed by atoms with Gasteiger partial charge in [0.05, 0.1) is 19.1 Å². The molecule has 0 saturated carbocycles. The molecule has 0 aromatic carbocycles. The molecule has 114 valence electrons. The Kier molecular flexibility index (Phi) is 12.0. The number of aliphatic hydroxyl groups is 1. The summed E-state index contributed by atoms with van der Waals surface area (Å²) in [5.74, 6) is -1.48. The van der Waals surface area contributed by atoms with Crippen molar-refractivity contribution in [2.24, 2.45) is 0 Å². The van der Waals surface area contributed by atoms with Gasteiger partial charge in [-0.2, -0.15) is 0 Å². The minimum Gasteiger partial charge on any atom is -0.522 e. The average Bonchev–Trinajstić information content (AvgIpc) is 2.46. The van der Waals surface area contributed by atoms with E-state index in [-0.39, 0.29) is 12.5 Å². The molecule has 0 aliphatic rings. The van der Waals surface area contributed by atoms with Crippen LogP contribution in [0.25, 0.3) is 4.85 Å². The molecule has 0 atom stereocenters. The standard InChI is InChI=1S/C15H24ClNO3/c1-3-4-5-6-7-8-9-10-11-20-15(19)14(17-2)13(18)12-16/h18H,3-12H2,1H3/b14-13+. The molecule has 0 aliphatic carbocycles. The first-order valence-electron chi connectivity index (χ1n) is 7.20. The van der Waals surface area contributed by atoms with Crippen molar-refractivity contribution in [2.75, 3.05) is 12.5 Å². The Labute approximate surface area is 126 Å². The highest BCUT2D eigenvalue weighted by atomic mass is 35.5. The van der Waals surface area contributed by atoms with Crippen LogP contribution in [-0.2, 0) is 9.53 Å². The van der Waals surface area contributed by atoms with Gasteiger partial charge in [0.25, 0.3) is 0 Å². The van der Waals surface area contributed by atoms with Crippen LogP contribution in [0.2, 0.25) is 0 Å². The van der Waals surface area contributed by atoms with Crippen LogP contribution in [0.5, 0.6) is 0 Å². The largest absolute Gasteiger partial charge is 0.522 e. The predicted molar refractivity (Wildman–Crippen MR) is 80.5 cm³/mol. The van der Waals surface area contributed by atoms with Crippen LogP contribution in [-0.4, -0.2) is 23.6 Å². The van der Waals surface area contributed by atoms with Gasteiger partial charge >= 0.3 is 11.7 Å². The molecular weight excluding hydrogens is 278 g/mol. The molecule has 0 spiro atoms. The maximum atomic E-state index is 11.5. The van der Waals surface area contributed by atoms with Crippen molar-refractivity contribution in [1.29, 1.82) is 0 Å². The van der Waals surface area contributed by atoms with E-state index >= 15 is 0 Å². The number of hydrogen-bond acceptors (Lipinski definition) is 3. The van der Waals surface area contributed by atoms with Crippen LogP contribution in [0.3, 0.4) is 0 Å². The summed E-state index contributed by atoms with van der Waals surface area (Å²) in [6.07, 6.45) is 9.26. The number of unbranched alkanes of at least 4 members (excludes halogenated alkanes) is 7. The van der Waals surface area contributed by atoms with Gasteiger partial charge in [-0.3, -0.25) is 4.79 Å². The fourth-order valence-corrected chi connectivity index (χ4v) is 1.89. The van der Waals surface area contributed by atoms with Gasteiger partial charge in [0.15, 0.2) is 0 Å². The number of hydrogen-bond donors (Lipinski definition) is 1. The third-order valence-electron chi connectivity index (χ3n) is 2.94. The molecule has 5 heteroatoms. The lowest BCUT2D eigenvalue weighted by atomic mass is 10.1. The van der Waals surface area contributed by atoms with Crippen molar-refractivity contribution in [2.45, 2.75) is 58.3 Å². The maximum Gasteiger partial charge on any atom is 0.339 e. The lowest BCUT2D eigenvalue weighted by Gasteiger charge is -2.05. The van der Waals surface area contributed by atoms with Gasteiger partial charge in [-0.1, -0.05) is 51.9 Å². The summed E-state index contributed by atoms with van der Waals surface area (Å²) in [7, 11) is 0. The molecule has 0 heterocycles. The fraction of sp³-hybridized carbons (Fsp3) is 0.733. The van der Waals surface area contributed by atoms with Crippen LogP contribution < -0.4 is 0 Å². The van der Waals surface area contributed by atoms with Crippen LogP contribution in [0.4, 0.5) is 0 Å². The lowest BCUT2D eigenvalue weighted by Crippen LogP contribution is -2.09. The van der Waals surface area contributed by atoms with Gasteiger partial charge in [0, 0.05) is 0 Å². The minimum atomic E-state index is -0.791. The highest BCUT2D eigenvalue weighted by Crippen LogP contribution is 2.10. The second kappa shape index (κ2) is 12.8. The molecule has 0 unspecified atom stereocenters. The van der Waals surface area contributed by atoms with Gasteiger partial charge in [-0.25, -0.2) is 4.85 Å². The number of aliphatic hydroxyl groups excluding tert-OH is 1. The molecule has 20 heavy (non-hydrogen) atoms. The molecule has 4 nitrogen and oxygen atoms in total. The molecule has 0 bridgehead atoms. The zero-order valence-electron chi connectivity index (χ0n) is 12.2. The van der Waals surface area contributed by atoms with E-state index in [9.17, 15) is 9.90 Å². The molecule has 0 rings (SSSR count). The Morgan fingerprint density at radius 1 is 1.15 bits per heavy atom. The van der Waals surface area contributed by atoms with Gasteiger partial charge in [-0.05, 0) is 6.42 Å². The topological polar surface area (TPSA) is 50.9 Å². The number of alkyl halides is 1. The molecule has 0 aliphatic heterocycles. The van der Waals surface area contributed by atoms with E-state index in [2.05, 4.69) is 11.8 Å². The zero-order valence-corrected chi connectivity index (χ0v) is 12.9. The summed E-state index contributed by atoms with van der Waals surface area (Å²) in [5.41, 5.74) is -0.417. The van der Waals surface area contributed by atoms with E-state index in [1.54, 1.807) is 0 Å². The smallest absolute Gasteiger partial charge is 0.339 e. The first-order chi connectivity index (χ1) is 9.67. The molecule has 0 amide bonds. The molecule has 0 saturated heterocycles. The first kappa shape index (κ1) is 18.8. The van der Waals surface area contributed by atoms with Gasteiger partial charge in [0.1, 0.15) is 5.76 Å². The molecular formula is C15H24ClNO3. The van der Waals surface area contributed by atoms with E-state index in [0.717, 1.165) is 19.3 Å². The Morgan fingerprint density at radius 2 is 1.70 bits per heavy atom. The average molecular weight is 302 g/mol. The van der Waals surface area contributed by atoms with Gasteiger partial charge in [0.2, 0.25) is 0 Å². The second-order valence-electron chi connectivity index (χ2n) is 4.65. The van der Waals surface area contributed by atoms with Crippen molar-refractivity contribution in [3.63, 3.8) is 0 Å². The highest BCUT2D eigenvalue weighted by Gasteiger charge is 2.16. The highest BCUT2D eigenvalue weighted by molar-refractivity contribution is 6.19. The second-order valence-corrected chi connectivity index (χ2v) is 4.92. The van der Waals surface area contributed by atoms with E-state index in [0.29, 0.717) is 0 Å². The lowest BCUT2D eigenvalue weighted by molar-refractivity contribution is -0.139. The Morgan fingerprint density at radius 3 is 2.20 bits per heavy atom.